The maximum atomic E-state index is 12.2. The SMILES string of the molecule is Cc1ccc(C(=O)NC2CCN(c3nccs3)CC2)cc1. The first-order valence-corrected chi connectivity index (χ1v) is 8.12. The van der Waals surface area contributed by atoms with Crippen LogP contribution in [0.4, 0.5) is 5.13 Å². The number of carbonyl (C=O) groups excluding carboxylic acids is 1. The van der Waals surface area contributed by atoms with Gasteiger partial charge in [0, 0.05) is 36.3 Å². The van der Waals surface area contributed by atoms with Gasteiger partial charge in [-0.05, 0) is 31.9 Å². The summed E-state index contributed by atoms with van der Waals surface area (Å²) in [4.78, 5) is 18.8. The zero-order chi connectivity index (χ0) is 14.7. The molecule has 4 nitrogen and oxygen atoms in total. The number of amides is 1. The van der Waals surface area contributed by atoms with Gasteiger partial charge in [0.1, 0.15) is 0 Å². The molecule has 1 saturated heterocycles. The minimum Gasteiger partial charge on any atom is -0.349 e. The fraction of sp³-hybridized carbons (Fsp3) is 0.375. The Bertz CT molecular complexity index is 586. The molecule has 1 aromatic carbocycles. The molecule has 0 bridgehead atoms. The van der Waals surface area contributed by atoms with Gasteiger partial charge in [-0.25, -0.2) is 4.98 Å². The summed E-state index contributed by atoms with van der Waals surface area (Å²) in [5.74, 6) is 0.0303. The van der Waals surface area contributed by atoms with Crippen molar-refractivity contribution in [3.63, 3.8) is 0 Å². The maximum absolute atomic E-state index is 12.2. The Kier molecular flexibility index (Phi) is 4.20. The van der Waals surface area contributed by atoms with Crippen molar-refractivity contribution in [3.8, 4) is 0 Å². The third kappa shape index (κ3) is 3.42. The van der Waals surface area contributed by atoms with Gasteiger partial charge in [0.15, 0.2) is 5.13 Å². The van der Waals surface area contributed by atoms with Crippen molar-refractivity contribution in [1.29, 1.82) is 0 Å². The number of hydrogen-bond acceptors (Lipinski definition) is 4. The number of nitrogens with one attached hydrogen (secondary N) is 1. The van der Waals surface area contributed by atoms with Crippen LogP contribution in [0.3, 0.4) is 0 Å². The molecule has 1 aromatic heterocycles. The van der Waals surface area contributed by atoms with Crippen LogP contribution in [-0.2, 0) is 0 Å². The van der Waals surface area contributed by atoms with Crippen molar-refractivity contribution in [2.75, 3.05) is 18.0 Å². The molecule has 21 heavy (non-hydrogen) atoms. The smallest absolute Gasteiger partial charge is 0.251 e. The molecule has 0 saturated carbocycles. The second-order valence-corrected chi connectivity index (χ2v) is 6.29. The fourth-order valence-electron chi connectivity index (χ4n) is 2.56. The Balaban J connectivity index is 1.53. The Morgan fingerprint density at radius 2 is 2.00 bits per heavy atom. The molecule has 1 aliphatic rings. The van der Waals surface area contributed by atoms with Gasteiger partial charge >= 0.3 is 0 Å². The Morgan fingerprint density at radius 1 is 1.29 bits per heavy atom. The summed E-state index contributed by atoms with van der Waals surface area (Å²) >= 11 is 1.67. The zero-order valence-electron chi connectivity index (χ0n) is 12.1. The number of aryl methyl sites for hydroxylation is 1. The van der Waals surface area contributed by atoms with E-state index in [1.165, 1.54) is 5.56 Å². The zero-order valence-corrected chi connectivity index (χ0v) is 12.9. The highest BCUT2D eigenvalue weighted by atomic mass is 32.1. The average Bonchev–Trinajstić information content (AvgIpc) is 3.03. The summed E-state index contributed by atoms with van der Waals surface area (Å²) in [7, 11) is 0. The van der Waals surface area contributed by atoms with Crippen LogP contribution >= 0.6 is 11.3 Å². The van der Waals surface area contributed by atoms with Gasteiger partial charge in [-0.3, -0.25) is 4.79 Å². The van der Waals surface area contributed by atoms with Crippen molar-refractivity contribution in [2.24, 2.45) is 0 Å². The van der Waals surface area contributed by atoms with Crippen molar-refractivity contribution in [2.45, 2.75) is 25.8 Å². The van der Waals surface area contributed by atoms with Gasteiger partial charge in [0.05, 0.1) is 0 Å². The van der Waals surface area contributed by atoms with Crippen molar-refractivity contribution < 1.29 is 4.79 Å². The number of nitrogens with zero attached hydrogens (tertiary/aromatic N) is 2. The first kappa shape index (κ1) is 14.1. The standard InChI is InChI=1S/C16H19N3OS/c1-12-2-4-13(5-3-12)15(20)18-14-6-9-19(10-7-14)16-17-8-11-21-16/h2-5,8,11,14H,6-7,9-10H2,1H3,(H,18,20). The van der Waals surface area contributed by atoms with Gasteiger partial charge in [0.2, 0.25) is 0 Å². The van der Waals surface area contributed by atoms with E-state index in [2.05, 4.69) is 15.2 Å². The van der Waals surface area contributed by atoms with Crippen molar-refractivity contribution in [3.05, 3.63) is 47.0 Å². The largest absolute Gasteiger partial charge is 0.349 e. The molecule has 3 rings (SSSR count). The highest BCUT2D eigenvalue weighted by Gasteiger charge is 2.22. The van der Waals surface area contributed by atoms with E-state index in [1.807, 2.05) is 42.8 Å². The molecular formula is C16H19N3OS. The monoisotopic (exact) mass is 301 g/mol. The predicted molar refractivity (Wildman–Crippen MR) is 86.0 cm³/mol. The van der Waals surface area contributed by atoms with E-state index < -0.39 is 0 Å². The molecule has 1 aliphatic heterocycles. The van der Waals surface area contributed by atoms with Crippen LogP contribution in [0.5, 0.6) is 0 Å². The highest BCUT2D eigenvalue weighted by Crippen LogP contribution is 2.22. The summed E-state index contributed by atoms with van der Waals surface area (Å²) < 4.78 is 0. The summed E-state index contributed by atoms with van der Waals surface area (Å²) in [6.45, 7) is 3.93. The molecule has 0 spiro atoms. The molecule has 0 atom stereocenters. The van der Waals surface area contributed by atoms with Crippen LogP contribution < -0.4 is 10.2 Å². The van der Waals surface area contributed by atoms with Gasteiger partial charge in [-0.2, -0.15) is 0 Å². The minimum absolute atomic E-state index is 0.0303. The normalized spacial score (nSPS) is 16.0. The molecule has 110 valence electrons. The third-order valence-corrected chi connectivity index (χ3v) is 4.67. The number of anilines is 1. The molecule has 2 heterocycles. The second kappa shape index (κ2) is 6.26. The van der Waals surface area contributed by atoms with Crippen molar-refractivity contribution >= 4 is 22.4 Å². The van der Waals surface area contributed by atoms with Crippen LogP contribution in [0.2, 0.25) is 0 Å². The van der Waals surface area contributed by atoms with Crippen LogP contribution in [0, 0.1) is 6.92 Å². The number of rotatable bonds is 3. The van der Waals surface area contributed by atoms with E-state index >= 15 is 0 Å². The number of piperidine rings is 1. The summed E-state index contributed by atoms with van der Waals surface area (Å²) in [5, 5.41) is 6.22. The number of hydrogen-bond donors (Lipinski definition) is 1. The number of aromatic nitrogens is 1. The lowest BCUT2D eigenvalue weighted by Gasteiger charge is -2.32. The molecule has 0 unspecified atom stereocenters. The molecule has 0 radical (unpaired) electrons. The van der Waals surface area contributed by atoms with Gasteiger partial charge < -0.3 is 10.2 Å². The van der Waals surface area contributed by atoms with E-state index in [9.17, 15) is 4.79 Å². The second-order valence-electron chi connectivity index (χ2n) is 5.42. The van der Waals surface area contributed by atoms with Crippen LogP contribution in [-0.4, -0.2) is 30.0 Å². The Labute approximate surface area is 128 Å². The average molecular weight is 301 g/mol. The van der Waals surface area contributed by atoms with Gasteiger partial charge in [0.25, 0.3) is 5.91 Å². The lowest BCUT2D eigenvalue weighted by Crippen LogP contribution is -2.44. The Morgan fingerprint density at radius 3 is 2.62 bits per heavy atom. The first-order valence-electron chi connectivity index (χ1n) is 7.24. The lowest BCUT2D eigenvalue weighted by atomic mass is 10.0. The van der Waals surface area contributed by atoms with Crippen LogP contribution in [0.25, 0.3) is 0 Å². The molecule has 5 heteroatoms. The van der Waals surface area contributed by atoms with E-state index in [4.69, 9.17) is 0 Å². The topological polar surface area (TPSA) is 45.2 Å². The van der Waals surface area contributed by atoms with Crippen molar-refractivity contribution in [1.82, 2.24) is 10.3 Å². The molecule has 2 aromatic rings. The Hall–Kier alpha value is -1.88. The number of carbonyl (C=O) groups is 1. The van der Waals surface area contributed by atoms with Crippen LogP contribution in [0.1, 0.15) is 28.8 Å². The highest BCUT2D eigenvalue weighted by molar-refractivity contribution is 7.13. The molecule has 0 aliphatic carbocycles. The number of benzene rings is 1. The predicted octanol–water partition coefficient (Wildman–Crippen LogP) is 2.85. The lowest BCUT2D eigenvalue weighted by molar-refractivity contribution is 0.0931. The first-order chi connectivity index (χ1) is 10.2. The van der Waals surface area contributed by atoms with Gasteiger partial charge in [-0.15, -0.1) is 11.3 Å². The molecule has 1 amide bonds. The van der Waals surface area contributed by atoms with Crippen LogP contribution in [0.15, 0.2) is 35.8 Å². The fourth-order valence-corrected chi connectivity index (χ4v) is 3.26. The summed E-state index contributed by atoms with van der Waals surface area (Å²) in [6.07, 6.45) is 3.78. The van der Waals surface area contributed by atoms with E-state index in [0.29, 0.717) is 0 Å². The number of thiazole rings is 1. The van der Waals surface area contributed by atoms with E-state index in [-0.39, 0.29) is 11.9 Å². The third-order valence-electron chi connectivity index (χ3n) is 3.83. The van der Waals surface area contributed by atoms with Gasteiger partial charge in [-0.1, -0.05) is 17.7 Å². The molecule has 1 N–H and O–H groups in total. The molecule has 1 fully saturated rings. The summed E-state index contributed by atoms with van der Waals surface area (Å²) in [5.41, 5.74) is 1.91. The minimum atomic E-state index is 0.0303. The quantitative estimate of drug-likeness (QED) is 0.948. The van der Waals surface area contributed by atoms with E-state index in [1.54, 1.807) is 11.3 Å². The maximum Gasteiger partial charge on any atom is 0.251 e. The van der Waals surface area contributed by atoms with E-state index in [0.717, 1.165) is 36.6 Å². The molecular weight excluding hydrogens is 282 g/mol. The summed E-state index contributed by atoms with van der Waals surface area (Å²) in [6, 6.07) is 7.97.